The molecule has 0 saturated carbocycles. The van der Waals surface area contributed by atoms with Crippen LogP contribution in [0.15, 0.2) is 30.3 Å². The zero-order valence-electron chi connectivity index (χ0n) is 19.7. The van der Waals surface area contributed by atoms with Gasteiger partial charge in [0.25, 0.3) is 0 Å². The molecular weight excluding hydrogens is 451 g/mol. The van der Waals surface area contributed by atoms with Crippen molar-refractivity contribution in [3.05, 3.63) is 35.9 Å². The van der Waals surface area contributed by atoms with Crippen LogP contribution in [0.5, 0.6) is 0 Å². The van der Waals surface area contributed by atoms with E-state index in [1.165, 1.54) is 0 Å². The number of carbonyl (C=O) groups excluding carboxylic acids is 1. The molecule has 0 N–H and O–H groups in total. The molecule has 4 nitrogen and oxygen atoms in total. The molecule has 0 heterocycles. The van der Waals surface area contributed by atoms with Gasteiger partial charge in [-0.3, -0.25) is 0 Å². The van der Waals surface area contributed by atoms with Crippen LogP contribution in [0.2, 0.25) is 0 Å². The summed E-state index contributed by atoms with van der Waals surface area (Å²) in [5, 5.41) is 0. The van der Waals surface area contributed by atoms with Crippen LogP contribution < -0.4 is 0 Å². The molecule has 29 heavy (non-hydrogen) atoms. The fraction of sp³-hybridized carbons (Fsp3) is 0.696. The van der Waals surface area contributed by atoms with Gasteiger partial charge in [0.1, 0.15) is 0 Å². The van der Waals surface area contributed by atoms with Crippen molar-refractivity contribution in [3.63, 3.8) is 0 Å². The van der Waals surface area contributed by atoms with E-state index >= 15 is 0 Å². The van der Waals surface area contributed by atoms with E-state index in [-0.39, 0.29) is 28.2 Å². The molecule has 6 heteroatoms. The summed E-state index contributed by atoms with van der Waals surface area (Å²) in [4.78, 5) is 13.2. The Hall–Kier alpha value is -0.320. The first-order valence-corrected chi connectivity index (χ1v) is 14.4. The second-order valence-corrected chi connectivity index (χ2v) is 18.5. The number of carbonyl (C=O) groups is 1. The van der Waals surface area contributed by atoms with Crippen molar-refractivity contribution in [1.29, 1.82) is 0 Å². The number of halogens is 1. The second-order valence-electron chi connectivity index (χ2n) is 11.4. The van der Waals surface area contributed by atoms with Gasteiger partial charge in [-0.2, -0.15) is 0 Å². The van der Waals surface area contributed by atoms with Crippen LogP contribution in [0, 0.1) is 16.2 Å². The molecule has 0 aliphatic rings. The van der Waals surface area contributed by atoms with Crippen LogP contribution >= 0.6 is 21.5 Å². The summed E-state index contributed by atoms with van der Waals surface area (Å²) < 4.78 is 19.3. The van der Waals surface area contributed by atoms with Crippen LogP contribution in [-0.4, -0.2) is 31.8 Å². The summed E-state index contributed by atoms with van der Waals surface area (Å²) in [5.41, 5.74) is 0.299. The Morgan fingerprint density at radius 1 is 0.759 bits per heavy atom. The normalized spacial score (nSPS) is 15.0. The zero-order valence-corrected chi connectivity index (χ0v) is 22.2. The number of ketones is 1. The van der Waals surface area contributed by atoms with Crippen molar-refractivity contribution in [1.82, 2.24) is 0 Å². The van der Waals surface area contributed by atoms with E-state index in [1.807, 2.05) is 30.3 Å². The Morgan fingerprint density at radius 3 is 1.41 bits per heavy atom. The molecule has 0 radical (unpaired) electrons. The third kappa shape index (κ3) is 10.5. The van der Waals surface area contributed by atoms with Gasteiger partial charge < -0.3 is 0 Å². The predicted molar refractivity (Wildman–Crippen MR) is 128 cm³/mol. The van der Waals surface area contributed by atoms with Gasteiger partial charge in [0, 0.05) is 0 Å². The maximum atomic E-state index is 13.2. The molecule has 0 bridgehead atoms. The molecule has 0 aliphatic carbocycles. The second kappa shape index (κ2) is 9.44. The monoisotopic (exact) mass is 490 g/mol. The Kier molecular flexibility index (Phi) is 8.70. The molecule has 0 fully saturated rings. The number of Topliss-reactive ketones (excluding diaryl/α,β-unsaturated/α-hetero) is 1. The Bertz CT molecular complexity index is 621. The van der Waals surface area contributed by atoms with Crippen molar-refractivity contribution in [2.24, 2.45) is 16.2 Å². The van der Waals surface area contributed by atoms with E-state index < -0.39 is 5.99 Å². The zero-order chi connectivity index (χ0) is 22.6. The third-order valence-electron chi connectivity index (χ3n) is 3.72. The third-order valence-corrected chi connectivity index (χ3v) is 8.97. The van der Waals surface area contributed by atoms with E-state index in [0.29, 0.717) is 25.4 Å². The molecule has 1 aromatic rings. The molecule has 0 unspecified atom stereocenters. The van der Waals surface area contributed by atoms with Gasteiger partial charge in [-0.25, -0.2) is 0 Å². The number of hydrogen-bond acceptors (Lipinski definition) is 4. The fourth-order valence-electron chi connectivity index (χ4n) is 2.14. The van der Waals surface area contributed by atoms with Crippen molar-refractivity contribution < 1.29 is 18.4 Å². The van der Waals surface area contributed by atoms with Gasteiger partial charge in [0.15, 0.2) is 0 Å². The summed E-state index contributed by atoms with van der Waals surface area (Å²) in [5.74, 6) is -3.97. The summed E-state index contributed by atoms with van der Waals surface area (Å²) in [7, 11) is 0. The van der Waals surface area contributed by atoms with E-state index in [9.17, 15) is 4.79 Å². The number of hydrogen-bond donors (Lipinski definition) is 0. The van der Waals surface area contributed by atoms with E-state index in [2.05, 4.69) is 77.8 Å². The minimum atomic E-state index is -3.91. The predicted octanol–water partition coefficient (Wildman–Crippen LogP) is 7.67. The van der Waals surface area contributed by atoms with Crippen molar-refractivity contribution in [2.75, 3.05) is 26.0 Å². The average molecular weight is 491 g/mol. The molecule has 0 amide bonds. The standard InChI is InChI=1S/C23H40BrO4P/c1-21(2,3)16-26-29(24,27-17-22(4,5)6,28-18-23(7,8)9)15-20(25)19-13-11-10-12-14-19/h10-14H,15-18H2,1-9H3. The van der Waals surface area contributed by atoms with Crippen molar-refractivity contribution in [3.8, 4) is 0 Å². The summed E-state index contributed by atoms with van der Waals surface area (Å²) in [6, 6.07) is 9.24. The number of benzene rings is 1. The minimum absolute atomic E-state index is 0.0256. The molecule has 168 valence electrons. The number of rotatable bonds is 9. The first kappa shape index (κ1) is 26.7. The van der Waals surface area contributed by atoms with Crippen molar-refractivity contribution >= 4 is 27.3 Å². The maximum absolute atomic E-state index is 13.2. The van der Waals surface area contributed by atoms with Crippen LogP contribution in [0.3, 0.4) is 0 Å². The Labute approximate surface area is 186 Å². The molecule has 0 aromatic heterocycles. The molecule has 1 aromatic carbocycles. The van der Waals surface area contributed by atoms with Crippen LogP contribution in [-0.2, 0) is 13.6 Å². The van der Waals surface area contributed by atoms with Crippen LogP contribution in [0.4, 0.5) is 0 Å². The first-order chi connectivity index (χ1) is 12.9. The summed E-state index contributed by atoms with van der Waals surface area (Å²) >= 11 is 3.79. The molecular formula is C23H40BrO4P. The van der Waals surface area contributed by atoms with Gasteiger partial charge in [-0.1, -0.05) is 0 Å². The van der Waals surface area contributed by atoms with E-state index in [0.717, 1.165) is 0 Å². The molecule has 0 atom stereocenters. The topological polar surface area (TPSA) is 44.8 Å². The summed E-state index contributed by atoms with van der Waals surface area (Å²) in [6.07, 6.45) is 0.0256. The quantitative estimate of drug-likeness (QED) is 0.263. The van der Waals surface area contributed by atoms with Crippen molar-refractivity contribution in [2.45, 2.75) is 62.3 Å². The SMILES string of the molecule is CC(C)(C)COP(Br)(CC(=O)c1ccccc1)(OCC(C)(C)C)OCC(C)(C)C. The molecule has 1 rings (SSSR count). The Morgan fingerprint density at radius 2 is 1.10 bits per heavy atom. The molecule has 0 spiro atoms. The molecule has 0 saturated heterocycles. The summed E-state index contributed by atoms with van der Waals surface area (Å²) in [6.45, 7) is 20.0. The van der Waals surface area contributed by atoms with Crippen LogP contribution in [0.25, 0.3) is 0 Å². The van der Waals surface area contributed by atoms with E-state index in [1.54, 1.807) is 0 Å². The van der Waals surface area contributed by atoms with Crippen LogP contribution in [0.1, 0.15) is 72.7 Å². The van der Waals surface area contributed by atoms with Gasteiger partial charge in [-0.15, -0.1) is 0 Å². The average Bonchev–Trinajstić information content (AvgIpc) is 2.57. The Balaban J connectivity index is 3.34. The fourth-order valence-corrected chi connectivity index (χ4v) is 6.79. The molecule has 0 aliphatic heterocycles. The van der Waals surface area contributed by atoms with Gasteiger partial charge in [-0.05, 0) is 0 Å². The first-order valence-electron chi connectivity index (χ1n) is 10.2. The van der Waals surface area contributed by atoms with Gasteiger partial charge in [0.2, 0.25) is 0 Å². The van der Waals surface area contributed by atoms with E-state index in [4.69, 9.17) is 13.6 Å². The van der Waals surface area contributed by atoms with Gasteiger partial charge in [0.05, 0.1) is 0 Å². The van der Waals surface area contributed by atoms with Gasteiger partial charge >= 0.3 is 186 Å².